The van der Waals surface area contributed by atoms with E-state index in [0.717, 1.165) is 12.1 Å². The van der Waals surface area contributed by atoms with Crippen molar-refractivity contribution in [3.05, 3.63) is 132 Å². The van der Waals surface area contributed by atoms with Crippen LogP contribution < -0.4 is 4.90 Å². The van der Waals surface area contributed by atoms with E-state index in [9.17, 15) is 9.59 Å². The average Bonchev–Trinajstić information content (AvgIpc) is 3.42. The smallest absolute Gasteiger partial charge is 0.235 e. The molecule has 1 unspecified atom stereocenters. The molecule has 1 amide bonds. The number of carbonyl (C=O) groups is 2. The van der Waals surface area contributed by atoms with E-state index in [1.165, 1.54) is 23.3 Å². The zero-order valence-corrected chi connectivity index (χ0v) is 20.7. The topological polar surface area (TPSA) is 77.3 Å². The van der Waals surface area contributed by atoms with Gasteiger partial charge in [-0.25, -0.2) is 4.68 Å². The number of benzene rings is 3. The molecule has 0 radical (unpaired) electrons. The number of nitrogens with zero attached hydrogens (tertiary/aromatic N) is 4. The summed E-state index contributed by atoms with van der Waals surface area (Å²) in [5.41, 5.74) is 3.61. The summed E-state index contributed by atoms with van der Waals surface area (Å²) in [5.74, 6) is -0.674. The summed E-state index contributed by atoms with van der Waals surface area (Å²) in [5, 5.41) is 8.70. The highest BCUT2D eigenvalue weighted by molar-refractivity contribution is 6.03. The molecule has 38 heavy (non-hydrogen) atoms. The molecule has 4 aromatic rings. The Balaban J connectivity index is 1.22. The van der Waals surface area contributed by atoms with Gasteiger partial charge in [0, 0.05) is 12.1 Å². The van der Waals surface area contributed by atoms with Gasteiger partial charge in [-0.1, -0.05) is 65.9 Å². The lowest BCUT2D eigenvalue weighted by Gasteiger charge is -2.46. The van der Waals surface area contributed by atoms with Crippen molar-refractivity contribution in [3.63, 3.8) is 0 Å². The van der Waals surface area contributed by atoms with Crippen molar-refractivity contribution in [2.45, 2.75) is 18.6 Å². The SMILES string of the molecule is O=C1C=CC2(C=C1)OCC(Cc1cn(-c3cccc(Cc4ccccc4)c3)nn1)C(=O)N2c1ccccc1. The average molecular weight is 503 g/mol. The number of para-hydroxylation sites is 1. The van der Waals surface area contributed by atoms with Crippen LogP contribution in [0.1, 0.15) is 16.8 Å². The third-order valence-electron chi connectivity index (χ3n) is 6.84. The highest BCUT2D eigenvalue weighted by Gasteiger charge is 2.46. The van der Waals surface area contributed by atoms with Crippen molar-refractivity contribution in [1.82, 2.24) is 15.0 Å². The lowest BCUT2D eigenvalue weighted by molar-refractivity contribution is -0.138. The molecule has 3 aromatic carbocycles. The maximum absolute atomic E-state index is 13.8. The number of hydrogen-bond donors (Lipinski definition) is 0. The molecular formula is C31H26N4O3. The summed E-state index contributed by atoms with van der Waals surface area (Å²) >= 11 is 0. The number of allylic oxidation sites excluding steroid dienone is 2. The van der Waals surface area contributed by atoms with Crippen LogP contribution in [0.5, 0.6) is 0 Å². The molecule has 2 heterocycles. The lowest BCUT2D eigenvalue weighted by atomic mass is 9.94. The highest BCUT2D eigenvalue weighted by atomic mass is 16.5. The molecule has 1 aromatic heterocycles. The molecule has 0 bridgehead atoms. The number of rotatable bonds is 6. The Morgan fingerprint density at radius 1 is 0.842 bits per heavy atom. The van der Waals surface area contributed by atoms with Crippen molar-refractivity contribution in [1.29, 1.82) is 0 Å². The van der Waals surface area contributed by atoms with E-state index in [4.69, 9.17) is 4.74 Å². The number of anilines is 1. The molecule has 1 aliphatic carbocycles. The van der Waals surface area contributed by atoms with Crippen LogP contribution in [0.2, 0.25) is 0 Å². The summed E-state index contributed by atoms with van der Waals surface area (Å²) in [7, 11) is 0. The van der Waals surface area contributed by atoms with Crippen LogP contribution in [0, 0.1) is 5.92 Å². The van der Waals surface area contributed by atoms with E-state index in [1.54, 1.807) is 21.7 Å². The largest absolute Gasteiger partial charge is 0.347 e. The van der Waals surface area contributed by atoms with Crippen molar-refractivity contribution in [2.75, 3.05) is 11.5 Å². The van der Waals surface area contributed by atoms with E-state index < -0.39 is 11.6 Å². The number of aromatic nitrogens is 3. The zero-order chi connectivity index (χ0) is 26.0. The van der Waals surface area contributed by atoms with Crippen LogP contribution in [-0.4, -0.2) is 39.0 Å². The Bertz CT molecular complexity index is 1510. The first-order chi connectivity index (χ1) is 18.6. The van der Waals surface area contributed by atoms with Gasteiger partial charge >= 0.3 is 0 Å². The van der Waals surface area contributed by atoms with E-state index in [0.29, 0.717) is 17.8 Å². The Hall–Kier alpha value is -4.62. The number of carbonyl (C=O) groups excluding carboxylic acids is 2. The minimum absolute atomic E-state index is 0.0921. The van der Waals surface area contributed by atoms with Gasteiger partial charge in [-0.2, -0.15) is 0 Å². The second kappa shape index (κ2) is 10.0. The van der Waals surface area contributed by atoms with Crippen molar-refractivity contribution in [2.24, 2.45) is 5.92 Å². The molecule has 1 fully saturated rings. The van der Waals surface area contributed by atoms with Crippen LogP contribution in [0.3, 0.4) is 0 Å². The number of hydrogen-bond acceptors (Lipinski definition) is 5. The second-order valence-electron chi connectivity index (χ2n) is 9.53. The maximum atomic E-state index is 13.8. The van der Waals surface area contributed by atoms with Crippen LogP contribution in [0.25, 0.3) is 5.69 Å². The first kappa shape index (κ1) is 23.8. The fourth-order valence-electron chi connectivity index (χ4n) is 4.95. The molecule has 0 N–H and O–H groups in total. The quantitative estimate of drug-likeness (QED) is 0.389. The number of ether oxygens (including phenoxy) is 1. The van der Waals surface area contributed by atoms with Crippen LogP contribution in [0.4, 0.5) is 5.69 Å². The first-order valence-electron chi connectivity index (χ1n) is 12.6. The molecule has 2 aliphatic rings. The minimum Gasteiger partial charge on any atom is -0.347 e. The zero-order valence-electron chi connectivity index (χ0n) is 20.7. The molecule has 1 aliphatic heterocycles. The van der Waals surface area contributed by atoms with Gasteiger partial charge in [0.15, 0.2) is 11.5 Å². The Morgan fingerprint density at radius 2 is 1.53 bits per heavy atom. The van der Waals surface area contributed by atoms with Gasteiger partial charge in [0.2, 0.25) is 5.91 Å². The van der Waals surface area contributed by atoms with Crippen LogP contribution in [-0.2, 0) is 27.2 Å². The Morgan fingerprint density at radius 3 is 2.29 bits per heavy atom. The monoisotopic (exact) mass is 502 g/mol. The first-order valence-corrected chi connectivity index (χ1v) is 12.6. The van der Waals surface area contributed by atoms with Crippen molar-refractivity contribution < 1.29 is 14.3 Å². The fraction of sp³-hybridized carbons (Fsp3) is 0.161. The Kier molecular flexibility index (Phi) is 6.27. The standard InChI is InChI=1S/C31H26N4O3/c36-29-14-16-31(17-15-29)35(27-11-5-2-6-12-27)30(37)25(22-38-31)20-26-21-34(33-32-26)28-13-7-10-24(19-28)18-23-8-3-1-4-9-23/h1-17,19,21,25H,18,20,22H2. The van der Waals surface area contributed by atoms with Gasteiger partial charge in [0.25, 0.3) is 0 Å². The normalized spacial score (nSPS) is 18.3. The van der Waals surface area contributed by atoms with Gasteiger partial charge in [-0.3, -0.25) is 14.5 Å². The van der Waals surface area contributed by atoms with E-state index >= 15 is 0 Å². The van der Waals surface area contributed by atoms with Gasteiger partial charge in [0.05, 0.1) is 30.1 Å². The summed E-state index contributed by atoms with van der Waals surface area (Å²) in [4.78, 5) is 27.2. The number of ketones is 1. The van der Waals surface area contributed by atoms with Gasteiger partial charge in [0.1, 0.15) is 0 Å². The third kappa shape index (κ3) is 4.71. The molecule has 1 spiro atoms. The Labute approximate surface area is 220 Å². The highest BCUT2D eigenvalue weighted by Crippen LogP contribution is 2.36. The van der Waals surface area contributed by atoms with Crippen molar-refractivity contribution in [3.8, 4) is 5.69 Å². The van der Waals surface area contributed by atoms with Gasteiger partial charge < -0.3 is 4.74 Å². The predicted octanol–water partition coefficient (Wildman–Crippen LogP) is 4.47. The number of amides is 1. The van der Waals surface area contributed by atoms with E-state index in [2.05, 4.69) is 34.6 Å². The molecule has 6 rings (SSSR count). The molecule has 1 saturated heterocycles. The summed E-state index contributed by atoms with van der Waals surface area (Å²) < 4.78 is 8.01. The van der Waals surface area contributed by atoms with Gasteiger partial charge in [-0.05, 0) is 66.1 Å². The third-order valence-corrected chi connectivity index (χ3v) is 6.84. The summed E-state index contributed by atoms with van der Waals surface area (Å²) in [6.45, 7) is 0.199. The second-order valence-corrected chi connectivity index (χ2v) is 9.53. The summed E-state index contributed by atoms with van der Waals surface area (Å²) in [6.07, 6.45) is 9.27. The molecule has 7 heteroatoms. The minimum atomic E-state index is -1.13. The molecular weight excluding hydrogens is 476 g/mol. The van der Waals surface area contributed by atoms with Crippen molar-refractivity contribution >= 4 is 17.4 Å². The van der Waals surface area contributed by atoms with Crippen LogP contribution >= 0.6 is 0 Å². The maximum Gasteiger partial charge on any atom is 0.235 e. The predicted molar refractivity (Wildman–Crippen MR) is 144 cm³/mol. The molecule has 0 saturated carbocycles. The van der Waals surface area contributed by atoms with Gasteiger partial charge in [-0.15, -0.1) is 5.10 Å². The summed E-state index contributed by atoms with van der Waals surface area (Å²) in [6, 6.07) is 27.9. The lowest BCUT2D eigenvalue weighted by Crippen LogP contribution is -2.60. The molecule has 7 nitrogen and oxygen atoms in total. The molecule has 188 valence electrons. The van der Waals surface area contributed by atoms with E-state index in [1.807, 2.05) is 66.9 Å². The molecule has 1 atom stereocenters. The fourth-order valence-corrected chi connectivity index (χ4v) is 4.95. The van der Waals surface area contributed by atoms with Crippen LogP contribution in [0.15, 0.2) is 115 Å². The van der Waals surface area contributed by atoms with E-state index in [-0.39, 0.29) is 18.3 Å².